The maximum Gasteiger partial charge on any atom is 0.174 e. The first-order valence-corrected chi connectivity index (χ1v) is 11.1. The Morgan fingerprint density at radius 2 is 1.67 bits per heavy atom. The summed E-state index contributed by atoms with van der Waals surface area (Å²) in [5.41, 5.74) is 4.01. The molecule has 1 saturated heterocycles. The van der Waals surface area contributed by atoms with Crippen LogP contribution in [0.25, 0.3) is 5.69 Å². The van der Waals surface area contributed by atoms with E-state index < -0.39 is 0 Å². The number of hydrogen-bond acceptors (Lipinski definition) is 4. The lowest BCUT2D eigenvalue weighted by molar-refractivity contribution is 0.414. The molecule has 1 aliphatic rings. The highest BCUT2D eigenvalue weighted by atomic mass is 32.1. The molecule has 0 radical (unpaired) electrons. The van der Waals surface area contributed by atoms with Crippen molar-refractivity contribution in [3.05, 3.63) is 103 Å². The van der Waals surface area contributed by atoms with Gasteiger partial charge in [0, 0.05) is 35.5 Å². The minimum Gasteiger partial charge on any atom is -0.497 e. The lowest BCUT2D eigenvalue weighted by Crippen LogP contribution is -2.30. The summed E-state index contributed by atoms with van der Waals surface area (Å²) in [5, 5.41) is 4.16. The molecule has 4 aromatic rings. The Bertz CT molecular complexity index is 1260. The molecule has 1 N–H and O–H groups in total. The molecule has 6 nitrogen and oxygen atoms in total. The Balaban J connectivity index is 1.64. The lowest BCUT2D eigenvalue weighted by atomic mass is 10.0. The van der Waals surface area contributed by atoms with Crippen LogP contribution < -0.4 is 19.7 Å². The summed E-state index contributed by atoms with van der Waals surface area (Å²) in [6, 6.07) is 25.9. The van der Waals surface area contributed by atoms with Gasteiger partial charge in [-0.05, 0) is 72.9 Å². The summed E-state index contributed by atoms with van der Waals surface area (Å²) in [6.07, 6.45) is 3.88. The number of rotatable bonds is 6. The molecular weight excluding hydrogens is 432 g/mol. The summed E-state index contributed by atoms with van der Waals surface area (Å²) < 4.78 is 13.0. The Hall–Kier alpha value is -3.84. The van der Waals surface area contributed by atoms with E-state index in [0.29, 0.717) is 5.11 Å². The SMILES string of the molecule is COc1ccc(-n2cccc2[C@H]2[C@H](c3ccccn3)NC(=S)N2c2cccc(OC)c2)cc1. The fourth-order valence-electron chi connectivity index (χ4n) is 4.31. The number of anilines is 1. The van der Waals surface area contributed by atoms with Gasteiger partial charge in [0.15, 0.2) is 5.11 Å². The third-order valence-electron chi connectivity index (χ3n) is 5.86. The van der Waals surface area contributed by atoms with Crippen molar-refractivity contribution in [1.29, 1.82) is 0 Å². The molecule has 2 aromatic carbocycles. The predicted octanol–water partition coefficient (Wildman–Crippen LogP) is 5.07. The molecular formula is C26H24N4O2S. The number of nitrogens with zero attached hydrogens (tertiary/aromatic N) is 3. The van der Waals surface area contributed by atoms with Crippen LogP contribution in [0.3, 0.4) is 0 Å². The Kier molecular flexibility index (Phi) is 5.71. The molecule has 0 amide bonds. The first-order chi connectivity index (χ1) is 16.2. The van der Waals surface area contributed by atoms with Gasteiger partial charge in [-0.25, -0.2) is 0 Å². The fraction of sp³-hybridized carbons (Fsp3) is 0.154. The first-order valence-electron chi connectivity index (χ1n) is 10.7. The van der Waals surface area contributed by atoms with Crippen molar-refractivity contribution in [2.45, 2.75) is 12.1 Å². The van der Waals surface area contributed by atoms with E-state index in [0.717, 1.165) is 34.3 Å². The highest BCUT2D eigenvalue weighted by molar-refractivity contribution is 7.80. The van der Waals surface area contributed by atoms with Crippen molar-refractivity contribution in [3.63, 3.8) is 0 Å². The van der Waals surface area contributed by atoms with Gasteiger partial charge < -0.3 is 24.3 Å². The van der Waals surface area contributed by atoms with Crippen molar-refractivity contribution in [3.8, 4) is 17.2 Å². The highest BCUT2D eigenvalue weighted by Crippen LogP contribution is 2.42. The predicted molar refractivity (Wildman–Crippen MR) is 133 cm³/mol. The minimum atomic E-state index is -0.128. The normalized spacial score (nSPS) is 17.6. The molecule has 0 aliphatic carbocycles. The minimum absolute atomic E-state index is 0.128. The second kappa shape index (κ2) is 8.96. The maximum atomic E-state index is 5.84. The van der Waals surface area contributed by atoms with Gasteiger partial charge in [-0.1, -0.05) is 12.1 Å². The van der Waals surface area contributed by atoms with Gasteiger partial charge in [0.2, 0.25) is 0 Å². The summed E-state index contributed by atoms with van der Waals surface area (Å²) in [4.78, 5) is 6.79. The fourth-order valence-corrected chi connectivity index (χ4v) is 4.65. The van der Waals surface area contributed by atoms with Gasteiger partial charge in [0.1, 0.15) is 17.5 Å². The van der Waals surface area contributed by atoms with Gasteiger partial charge in [-0.2, -0.15) is 0 Å². The summed E-state index contributed by atoms with van der Waals surface area (Å²) >= 11 is 5.84. The van der Waals surface area contributed by atoms with Gasteiger partial charge in [-0.3, -0.25) is 4.98 Å². The van der Waals surface area contributed by atoms with Crippen LogP contribution in [0, 0.1) is 0 Å². The lowest BCUT2D eigenvalue weighted by Gasteiger charge is -2.29. The van der Waals surface area contributed by atoms with E-state index in [2.05, 4.69) is 50.2 Å². The monoisotopic (exact) mass is 456 g/mol. The number of nitrogens with one attached hydrogen (secondary N) is 1. The van der Waals surface area contributed by atoms with E-state index in [9.17, 15) is 0 Å². The van der Waals surface area contributed by atoms with E-state index in [1.807, 2.05) is 60.8 Å². The Morgan fingerprint density at radius 3 is 2.39 bits per heavy atom. The topological polar surface area (TPSA) is 51.5 Å². The number of methoxy groups -OCH3 is 2. The Labute approximate surface area is 198 Å². The van der Waals surface area contributed by atoms with Crippen LogP contribution in [-0.2, 0) is 0 Å². The second-order valence-electron chi connectivity index (χ2n) is 7.70. The van der Waals surface area contributed by atoms with Crippen molar-refractivity contribution in [1.82, 2.24) is 14.9 Å². The maximum absolute atomic E-state index is 5.84. The molecule has 0 spiro atoms. The number of hydrogen-bond donors (Lipinski definition) is 1. The standard InChI is InChI=1S/C26H24N4O2S/c1-31-20-13-11-18(12-14-20)29-16-6-10-23(29)25-24(22-9-3-4-15-27-22)28-26(33)30(25)19-7-5-8-21(17-19)32-2/h3-17,24-25H,1-2H3,(H,28,33)/t24-,25-/m0/s1. The number of pyridine rings is 1. The van der Waals surface area contributed by atoms with E-state index >= 15 is 0 Å². The van der Waals surface area contributed by atoms with Crippen LogP contribution in [0.1, 0.15) is 23.5 Å². The third-order valence-corrected chi connectivity index (χ3v) is 6.18. The summed E-state index contributed by atoms with van der Waals surface area (Å²) in [5.74, 6) is 1.60. The largest absolute Gasteiger partial charge is 0.497 e. The molecule has 0 unspecified atom stereocenters. The van der Waals surface area contributed by atoms with Crippen molar-refractivity contribution < 1.29 is 9.47 Å². The molecule has 2 atom stereocenters. The van der Waals surface area contributed by atoms with Gasteiger partial charge in [0.25, 0.3) is 0 Å². The van der Waals surface area contributed by atoms with Crippen molar-refractivity contribution in [2.24, 2.45) is 0 Å². The second-order valence-corrected chi connectivity index (χ2v) is 8.09. The molecule has 0 bridgehead atoms. The van der Waals surface area contributed by atoms with Crippen LogP contribution in [0.4, 0.5) is 5.69 Å². The average molecular weight is 457 g/mol. The summed E-state index contributed by atoms with van der Waals surface area (Å²) in [6.45, 7) is 0. The van der Waals surface area contributed by atoms with Gasteiger partial charge in [0.05, 0.1) is 26.0 Å². The molecule has 1 fully saturated rings. The molecule has 5 rings (SSSR count). The van der Waals surface area contributed by atoms with Crippen LogP contribution in [-0.4, -0.2) is 28.9 Å². The molecule has 2 aromatic heterocycles. The highest BCUT2D eigenvalue weighted by Gasteiger charge is 2.42. The van der Waals surface area contributed by atoms with E-state index in [4.69, 9.17) is 21.7 Å². The molecule has 1 aliphatic heterocycles. The van der Waals surface area contributed by atoms with Crippen molar-refractivity contribution >= 4 is 23.0 Å². The first kappa shape index (κ1) is 21.0. The average Bonchev–Trinajstić information content (AvgIpc) is 3.49. The number of benzene rings is 2. The van der Waals surface area contributed by atoms with Gasteiger partial charge in [-0.15, -0.1) is 0 Å². The number of aromatic nitrogens is 2. The van der Waals surface area contributed by atoms with Gasteiger partial charge >= 0.3 is 0 Å². The zero-order valence-corrected chi connectivity index (χ0v) is 19.2. The quantitative estimate of drug-likeness (QED) is 0.409. The van der Waals surface area contributed by atoms with Crippen molar-refractivity contribution in [2.75, 3.05) is 19.1 Å². The molecule has 0 saturated carbocycles. The number of ether oxygens (including phenoxy) is 2. The van der Waals surface area contributed by atoms with Crippen LogP contribution in [0.5, 0.6) is 11.5 Å². The van der Waals surface area contributed by atoms with E-state index in [-0.39, 0.29) is 12.1 Å². The zero-order valence-electron chi connectivity index (χ0n) is 18.4. The van der Waals surface area contributed by atoms with Crippen LogP contribution >= 0.6 is 12.2 Å². The number of thiocarbonyl (C=S) groups is 1. The Morgan fingerprint density at radius 1 is 0.848 bits per heavy atom. The van der Waals surface area contributed by atoms with E-state index in [1.54, 1.807) is 14.2 Å². The van der Waals surface area contributed by atoms with Crippen LogP contribution in [0.2, 0.25) is 0 Å². The van der Waals surface area contributed by atoms with Crippen LogP contribution in [0.15, 0.2) is 91.3 Å². The summed E-state index contributed by atoms with van der Waals surface area (Å²) in [7, 11) is 3.34. The zero-order chi connectivity index (χ0) is 22.8. The molecule has 3 heterocycles. The van der Waals surface area contributed by atoms with E-state index in [1.165, 1.54) is 0 Å². The molecule has 33 heavy (non-hydrogen) atoms. The third kappa shape index (κ3) is 3.91. The molecule has 7 heteroatoms. The molecule has 166 valence electrons. The smallest absolute Gasteiger partial charge is 0.174 e.